The van der Waals surface area contributed by atoms with Crippen molar-refractivity contribution in [1.82, 2.24) is 15.0 Å². The number of thiazole rings is 1. The highest BCUT2D eigenvalue weighted by molar-refractivity contribution is 7.13. The number of carboxylic acids is 1. The van der Waals surface area contributed by atoms with Crippen LogP contribution in [0.25, 0.3) is 16.8 Å². The van der Waals surface area contributed by atoms with Crippen LogP contribution in [0.3, 0.4) is 0 Å². The number of nitrogens with zero attached hydrogens (tertiary/aromatic N) is 3. The van der Waals surface area contributed by atoms with Crippen LogP contribution >= 0.6 is 11.3 Å². The van der Waals surface area contributed by atoms with Gasteiger partial charge in [-0.25, -0.2) is 9.78 Å². The van der Waals surface area contributed by atoms with E-state index in [1.54, 1.807) is 24.0 Å². The predicted molar refractivity (Wildman–Crippen MR) is 59.8 cm³/mol. The third-order valence-corrected chi connectivity index (χ3v) is 2.58. The van der Waals surface area contributed by atoms with Gasteiger partial charge >= 0.3 is 5.97 Å². The summed E-state index contributed by atoms with van der Waals surface area (Å²) >= 11 is 1.40. The second-order valence-corrected chi connectivity index (χ2v) is 3.70. The molecule has 6 heteroatoms. The lowest BCUT2D eigenvalue weighted by Crippen LogP contribution is -1.86. The van der Waals surface area contributed by atoms with Gasteiger partial charge < -0.3 is 5.11 Å². The van der Waals surface area contributed by atoms with E-state index < -0.39 is 5.97 Å². The van der Waals surface area contributed by atoms with Crippen molar-refractivity contribution in [3.05, 3.63) is 35.7 Å². The van der Waals surface area contributed by atoms with E-state index in [0.29, 0.717) is 11.4 Å². The number of carbonyl (C=O) groups is 1. The maximum absolute atomic E-state index is 10.3. The Morgan fingerprint density at radius 3 is 3.00 bits per heavy atom. The molecule has 0 saturated heterocycles. The van der Waals surface area contributed by atoms with Crippen LogP contribution in [0.4, 0.5) is 0 Å². The van der Waals surface area contributed by atoms with Gasteiger partial charge in [0.15, 0.2) is 0 Å². The van der Waals surface area contributed by atoms with Gasteiger partial charge in [0, 0.05) is 23.8 Å². The SMILES string of the molecule is O=C(O)/C=C/c1csc(-c2cnccn2)n1. The molecule has 0 fully saturated rings. The van der Waals surface area contributed by atoms with Crippen molar-refractivity contribution >= 4 is 23.4 Å². The molecule has 0 aliphatic heterocycles. The number of aliphatic carboxylic acids is 1. The maximum atomic E-state index is 10.3. The molecule has 2 aromatic heterocycles. The van der Waals surface area contributed by atoms with Crippen LogP contribution in [0, 0.1) is 0 Å². The Labute approximate surface area is 95.1 Å². The fraction of sp³-hybridized carbons (Fsp3) is 0. The summed E-state index contributed by atoms with van der Waals surface area (Å²) < 4.78 is 0. The molecule has 5 nitrogen and oxygen atoms in total. The summed E-state index contributed by atoms with van der Waals surface area (Å²) in [4.78, 5) is 22.6. The summed E-state index contributed by atoms with van der Waals surface area (Å²) in [5.41, 5.74) is 1.29. The van der Waals surface area contributed by atoms with E-state index in [2.05, 4.69) is 15.0 Å². The van der Waals surface area contributed by atoms with Crippen molar-refractivity contribution in [3.63, 3.8) is 0 Å². The van der Waals surface area contributed by atoms with Gasteiger partial charge in [-0.3, -0.25) is 9.97 Å². The van der Waals surface area contributed by atoms with E-state index in [1.165, 1.54) is 17.4 Å². The highest BCUT2D eigenvalue weighted by Gasteiger charge is 2.03. The van der Waals surface area contributed by atoms with E-state index >= 15 is 0 Å². The molecule has 0 aromatic carbocycles. The lowest BCUT2D eigenvalue weighted by Gasteiger charge is -1.91. The Hall–Kier alpha value is -2.08. The molecule has 0 aliphatic carbocycles. The first-order valence-electron chi connectivity index (χ1n) is 4.38. The van der Waals surface area contributed by atoms with E-state index in [1.807, 2.05) is 0 Å². The zero-order valence-electron chi connectivity index (χ0n) is 8.07. The molecule has 0 spiro atoms. The molecule has 0 amide bonds. The van der Waals surface area contributed by atoms with E-state index in [-0.39, 0.29) is 0 Å². The number of carboxylic acid groups (broad SMARTS) is 1. The fourth-order valence-corrected chi connectivity index (χ4v) is 1.79. The molecule has 16 heavy (non-hydrogen) atoms. The van der Waals surface area contributed by atoms with Crippen LogP contribution in [-0.4, -0.2) is 26.0 Å². The normalized spacial score (nSPS) is 10.8. The smallest absolute Gasteiger partial charge is 0.328 e. The zero-order valence-corrected chi connectivity index (χ0v) is 8.89. The van der Waals surface area contributed by atoms with Crippen LogP contribution in [0.2, 0.25) is 0 Å². The molecule has 0 bridgehead atoms. The Bertz CT molecular complexity index is 522. The molecule has 1 N–H and O–H groups in total. The Kier molecular flexibility index (Phi) is 3.02. The number of rotatable bonds is 3. The Balaban J connectivity index is 2.23. The van der Waals surface area contributed by atoms with Gasteiger partial charge in [-0.05, 0) is 6.08 Å². The van der Waals surface area contributed by atoms with Gasteiger partial charge in [0.1, 0.15) is 10.7 Å². The summed E-state index contributed by atoms with van der Waals surface area (Å²) in [5.74, 6) is -0.992. The molecule has 2 rings (SSSR count). The third kappa shape index (κ3) is 2.48. The first kappa shape index (κ1) is 10.4. The van der Waals surface area contributed by atoms with E-state index in [0.717, 1.165) is 11.1 Å². The highest BCUT2D eigenvalue weighted by atomic mass is 32.1. The summed E-state index contributed by atoms with van der Waals surface area (Å²) in [6.45, 7) is 0. The lowest BCUT2D eigenvalue weighted by atomic mass is 10.4. The van der Waals surface area contributed by atoms with Crippen molar-refractivity contribution in [1.29, 1.82) is 0 Å². The Morgan fingerprint density at radius 1 is 1.44 bits per heavy atom. The van der Waals surface area contributed by atoms with Crippen molar-refractivity contribution < 1.29 is 9.90 Å². The molecular formula is C10H7N3O2S. The Morgan fingerprint density at radius 2 is 2.31 bits per heavy atom. The molecule has 0 atom stereocenters. The molecular weight excluding hydrogens is 226 g/mol. The van der Waals surface area contributed by atoms with Gasteiger partial charge in [0.2, 0.25) is 0 Å². The van der Waals surface area contributed by atoms with Crippen molar-refractivity contribution in [2.45, 2.75) is 0 Å². The van der Waals surface area contributed by atoms with Crippen molar-refractivity contribution in [2.75, 3.05) is 0 Å². The van der Waals surface area contributed by atoms with Gasteiger partial charge in [-0.2, -0.15) is 0 Å². The van der Waals surface area contributed by atoms with Gasteiger partial charge in [-0.1, -0.05) is 0 Å². The predicted octanol–water partition coefficient (Wildman–Crippen LogP) is 1.70. The first-order chi connectivity index (χ1) is 7.75. The molecule has 2 heterocycles. The molecule has 80 valence electrons. The van der Waals surface area contributed by atoms with Gasteiger partial charge in [0.05, 0.1) is 11.9 Å². The highest BCUT2D eigenvalue weighted by Crippen LogP contribution is 2.21. The summed E-state index contributed by atoms with van der Waals surface area (Å²) in [6, 6.07) is 0. The summed E-state index contributed by atoms with van der Waals surface area (Å²) in [7, 11) is 0. The fourth-order valence-electron chi connectivity index (χ4n) is 1.05. The van der Waals surface area contributed by atoms with Gasteiger partial charge in [0.25, 0.3) is 0 Å². The average molecular weight is 233 g/mol. The maximum Gasteiger partial charge on any atom is 0.328 e. The largest absolute Gasteiger partial charge is 0.478 e. The van der Waals surface area contributed by atoms with Crippen LogP contribution in [0.5, 0.6) is 0 Å². The minimum absolute atomic E-state index is 0.605. The van der Waals surface area contributed by atoms with Crippen LogP contribution < -0.4 is 0 Å². The molecule has 0 saturated carbocycles. The quantitative estimate of drug-likeness (QED) is 0.816. The number of hydrogen-bond donors (Lipinski definition) is 1. The molecule has 2 aromatic rings. The van der Waals surface area contributed by atoms with Crippen LogP contribution in [0.1, 0.15) is 5.69 Å². The lowest BCUT2D eigenvalue weighted by molar-refractivity contribution is -0.131. The number of aromatic nitrogens is 3. The standard InChI is InChI=1S/C10H7N3O2S/c14-9(15)2-1-7-6-16-10(13-7)8-5-11-3-4-12-8/h1-6H,(H,14,15)/b2-1+. The van der Waals surface area contributed by atoms with Crippen molar-refractivity contribution in [2.24, 2.45) is 0 Å². The number of hydrogen-bond acceptors (Lipinski definition) is 5. The van der Waals surface area contributed by atoms with E-state index in [4.69, 9.17) is 5.11 Å². The first-order valence-corrected chi connectivity index (χ1v) is 5.26. The topological polar surface area (TPSA) is 76.0 Å². The van der Waals surface area contributed by atoms with Crippen LogP contribution in [-0.2, 0) is 4.79 Å². The molecule has 0 radical (unpaired) electrons. The van der Waals surface area contributed by atoms with Gasteiger partial charge in [-0.15, -0.1) is 11.3 Å². The second-order valence-electron chi connectivity index (χ2n) is 2.84. The van der Waals surface area contributed by atoms with E-state index in [9.17, 15) is 4.79 Å². The zero-order chi connectivity index (χ0) is 11.4. The van der Waals surface area contributed by atoms with Crippen LogP contribution in [0.15, 0.2) is 30.0 Å². The molecule has 0 aliphatic rings. The third-order valence-electron chi connectivity index (χ3n) is 1.70. The minimum atomic E-state index is -0.992. The average Bonchev–Trinajstić information content (AvgIpc) is 2.76. The van der Waals surface area contributed by atoms with Crippen molar-refractivity contribution in [3.8, 4) is 10.7 Å². The monoisotopic (exact) mass is 233 g/mol. The summed E-state index contributed by atoms with van der Waals surface area (Å²) in [6.07, 6.45) is 7.28. The molecule has 0 unspecified atom stereocenters. The minimum Gasteiger partial charge on any atom is -0.478 e. The second kappa shape index (κ2) is 4.63. The summed E-state index contributed by atoms with van der Waals surface area (Å²) in [5, 5.41) is 11.0.